The molecule has 1 amide bonds. The highest BCUT2D eigenvalue weighted by atomic mass is 16.2. The number of quaternary nitrogens is 1. The number of aromatic amines is 1. The van der Waals surface area contributed by atoms with E-state index in [-0.39, 0.29) is 30.6 Å². The second-order valence-electron chi connectivity index (χ2n) is 6.97. The lowest BCUT2D eigenvalue weighted by Crippen LogP contribution is -3.11. The summed E-state index contributed by atoms with van der Waals surface area (Å²) in [6.07, 6.45) is 0.835. The Hall–Kier alpha value is -2.73. The lowest BCUT2D eigenvalue weighted by atomic mass is 10.1. The van der Waals surface area contributed by atoms with E-state index < -0.39 is 0 Å². The van der Waals surface area contributed by atoms with Gasteiger partial charge in [0.2, 0.25) is 5.78 Å². The second-order valence-corrected chi connectivity index (χ2v) is 6.97. The van der Waals surface area contributed by atoms with E-state index in [0.717, 1.165) is 22.6 Å². The molecule has 144 valence electrons. The first-order chi connectivity index (χ1) is 12.7. The van der Waals surface area contributed by atoms with Gasteiger partial charge in [-0.2, -0.15) is 0 Å². The summed E-state index contributed by atoms with van der Waals surface area (Å²) in [5.74, 6) is -0.303. The number of hydrogen-bond donors (Lipinski definition) is 3. The molecule has 2 aromatic rings. The Morgan fingerprint density at radius 3 is 2.37 bits per heavy atom. The molecular formula is C21H28N3O3+. The van der Waals surface area contributed by atoms with Crippen molar-refractivity contribution in [1.29, 1.82) is 0 Å². The van der Waals surface area contributed by atoms with Crippen LogP contribution in [0, 0.1) is 13.8 Å². The Labute approximate surface area is 160 Å². The van der Waals surface area contributed by atoms with Gasteiger partial charge in [0, 0.05) is 16.9 Å². The fourth-order valence-electron chi connectivity index (χ4n) is 3.40. The molecule has 27 heavy (non-hydrogen) atoms. The van der Waals surface area contributed by atoms with Crippen LogP contribution in [0.5, 0.6) is 0 Å². The molecule has 2 rings (SSSR count). The number of anilines is 1. The predicted octanol–water partition coefficient (Wildman–Crippen LogP) is 1.73. The fourth-order valence-corrected chi connectivity index (χ4v) is 3.40. The molecule has 0 fully saturated rings. The van der Waals surface area contributed by atoms with Crippen molar-refractivity contribution in [3.8, 4) is 0 Å². The van der Waals surface area contributed by atoms with Crippen molar-refractivity contribution >= 4 is 23.2 Å². The van der Waals surface area contributed by atoms with Crippen LogP contribution < -0.4 is 10.2 Å². The van der Waals surface area contributed by atoms with E-state index in [1.165, 1.54) is 6.92 Å². The summed E-state index contributed by atoms with van der Waals surface area (Å²) >= 11 is 0. The zero-order valence-electron chi connectivity index (χ0n) is 16.7. The minimum atomic E-state index is -0.134. The number of carbonyl (C=O) groups excluding carboxylic acids is 3. The molecule has 0 radical (unpaired) electrons. The smallest absolute Gasteiger partial charge is 0.279 e. The Morgan fingerprint density at radius 2 is 1.78 bits per heavy atom. The number of amides is 1. The van der Waals surface area contributed by atoms with Gasteiger partial charge in [0.15, 0.2) is 12.3 Å². The van der Waals surface area contributed by atoms with E-state index in [2.05, 4.69) is 10.3 Å². The minimum Gasteiger partial charge on any atom is -0.355 e. The minimum absolute atomic E-state index is 0.0602. The maximum absolute atomic E-state index is 12.6. The van der Waals surface area contributed by atoms with Crippen LogP contribution in [0.4, 0.5) is 5.69 Å². The van der Waals surface area contributed by atoms with Gasteiger partial charge in [0.05, 0.1) is 12.7 Å². The Balaban J connectivity index is 2.00. The maximum atomic E-state index is 12.6. The van der Waals surface area contributed by atoms with Crippen LogP contribution in [0.15, 0.2) is 24.3 Å². The zero-order valence-corrected chi connectivity index (χ0v) is 16.7. The summed E-state index contributed by atoms with van der Waals surface area (Å²) in [4.78, 5) is 40.5. The number of aryl methyl sites for hydroxylation is 2. The van der Waals surface area contributed by atoms with Gasteiger partial charge < -0.3 is 15.2 Å². The second kappa shape index (κ2) is 8.77. The SMILES string of the molecule is CCc1ccccc1NC(=O)C[NH+](C)CC(=O)c1[nH]c(C)c(C(C)=O)c1C. The van der Waals surface area contributed by atoms with Crippen LogP contribution in [0.25, 0.3) is 0 Å². The third-order valence-corrected chi connectivity index (χ3v) is 4.67. The van der Waals surface area contributed by atoms with Crippen LogP contribution in [0.3, 0.4) is 0 Å². The number of Topliss-reactive ketones (excluding diaryl/α,β-unsaturated/α-hetero) is 2. The molecule has 0 aliphatic carbocycles. The molecule has 1 heterocycles. The molecule has 1 atom stereocenters. The van der Waals surface area contributed by atoms with Gasteiger partial charge in [0.25, 0.3) is 5.91 Å². The van der Waals surface area contributed by atoms with Gasteiger partial charge in [-0.05, 0) is 44.4 Å². The zero-order chi connectivity index (χ0) is 20.1. The van der Waals surface area contributed by atoms with Crippen molar-refractivity contribution < 1.29 is 19.3 Å². The first-order valence-corrected chi connectivity index (χ1v) is 9.16. The largest absolute Gasteiger partial charge is 0.355 e. The Kier molecular flexibility index (Phi) is 6.69. The first kappa shape index (κ1) is 20.6. The van der Waals surface area contributed by atoms with Gasteiger partial charge in [-0.1, -0.05) is 25.1 Å². The normalized spacial score (nSPS) is 11.9. The van der Waals surface area contributed by atoms with Crippen LogP contribution in [0.1, 0.15) is 51.5 Å². The number of H-pyrrole nitrogens is 1. The van der Waals surface area contributed by atoms with Crippen LogP contribution in [-0.2, 0) is 11.2 Å². The van der Waals surface area contributed by atoms with Crippen molar-refractivity contribution in [1.82, 2.24) is 4.98 Å². The number of likely N-dealkylation sites (N-methyl/N-ethyl adjacent to an activating group) is 1. The van der Waals surface area contributed by atoms with E-state index in [4.69, 9.17) is 0 Å². The highest BCUT2D eigenvalue weighted by Gasteiger charge is 2.23. The number of carbonyl (C=O) groups is 3. The number of para-hydroxylation sites is 1. The molecule has 0 aliphatic heterocycles. The number of rotatable bonds is 8. The van der Waals surface area contributed by atoms with Crippen molar-refractivity contribution in [3.05, 3.63) is 52.3 Å². The molecule has 0 aliphatic rings. The molecule has 1 unspecified atom stereocenters. The number of ketones is 2. The number of aromatic nitrogens is 1. The molecule has 0 saturated carbocycles. The van der Waals surface area contributed by atoms with E-state index in [0.29, 0.717) is 22.5 Å². The Bertz CT molecular complexity index is 868. The summed E-state index contributed by atoms with van der Waals surface area (Å²) in [7, 11) is 1.81. The van der Waals surface area contributed by atoms with Crippen molar-refractivity contribution in [3.63, 3.8) is 0 Å². The molecule has 0 spiro atoms. The third-order valence-electron chi connectivity index (χ3n) is 4.67. The summed E-state index contributed by atoms with van der Waals surface area (Å²) in [5, 5.41) is 2.92. The molecular weight excluding hydrogens is 342 g/mol. The van der Waals surface area contributed by atoms with Gasteiger partial charge in [-0.15, -0.1) is 0 Å². The van der Waals surface area contributed by atoms with E-state index in [1.54, 1.807) is 20.9 Å². The Morgan fingerprint density at radius 1 is 1.11 bits per heavy atom. The molecule has 0 saturated heterocycles. The third kappa shape index (κ3) is 4.92. The van der Waals surface area contributed by atoms with Gasteiger partial charge in [0.1, 0.15) is 6.54 Å². The predicted molar refractivity (Wildman–Crippen MR) is 106 cm³/mol. The van der Waals surface area contributed by atoms with E-state index in [1.807, 2.05) is 31.2 Å². The summed E-state index contributed by atoms with van der Waals surface area (Å²) in [5.41, 5.74) is 4.30. The van der Waals surface area contributed by atoms with Crippen LogP contribution >= 0.6 is 0 Å². The molecule has 6 nitrogen and oxygen atoms in total. The quantitative estimate of drug-likeness (QED) is 0.619. The monoisotopic (exact) mass is 370 g/mol. The van der Waals surface area contributed by atoms with Crippen molar-refractivity contribution in [2.24, 2.45) is 0 Å². The number of nitrogens with one attached hydrogen (secondary N) is 3. The van der Waals surface area contributed by atoms with Crippen molar-refractivity contribution in [2.75, 3.05) is 25.5 Å². The molecule has 6 heteroatoms. The first-order valence-electron chi connectivity index (χ1n) is 9.16. The highest BCUT2D eigenvalue weighted by Crippen LogP contribution is 2.18. The summed E-state index contributed by atoms with van der Waals surface area (Å²) < 4.78 is 0. The lowest BCUT2D eigenvalue weighted by Gasteiger charge is -2.14. The maximum Gasteiger partial charge on any atom is 0.279 e. The van der Waals surface area contributed by atoms with Crippen LogP contribution in [0.2, 0.25) is 0 Å². The van der Waals surface area contributed by atoms with E-state index >= 15 is 0 Å². The fraction of sp³-hybridized carbons (Fsp3) is 0.381. The summed E-state index contributed by atoms with van der Waals surface area (Å²) in [6, 6.07) is 7.70. The van der Waals surface area contributed by atoms with E-state index in [9.17, 15) is 14.4 Å². The molecule has 1 aromatic carbocycles. The van der Waals surface area contributed by atoms with Gasteiger partial charge in [-0.25, -0.2) is 0 Å². The highest BCUT2D eigenvalue weighted by molar-refractivity contribution is 6.03. The standard InChI is InChI=1S/C21H27N3O3/c1-6-16-9-7-8-10-17(16)23-19(27)12-24(5)11-18(26)21-13(2)20(15(4)25)14(3)22-21/h7-10,22H,6,11-12H2,1-5H3,(H,23,27)/p+1. The number of benzene rings is 1. The van der Waals surface area contributed by atoms with Gasteiger partial charge in [-0.3, -0.25) is 14.4 Å². The van der Waals surface area contributed by atoms with Gasteiger partial charge >= 0.3 is 0 Å². The van der Waals surface area contributed by atoms with Crippen molar-refractivity contribution in [2.45, 2.75) is 34.1 Å². The molecule has 3 N–H and O–H groups in total. The molecule has 0 bridgehead atoms. The van der Waals surface area contributed by atoms with Crippen LogP contribution in [-0.4, -0.2) is 42.6 Å². The average Bonchev–Trinajstić information content (AvgIpc) is 2.89. The topological polar surface area (TPSA) is 83.5 Å². The summed E-state index contributed by atoms with van der Waals surface area (Å²) in [6.45, 7) is 7.44. The lowest BCUT2D eigenvalue weighted by molar-refractivity contribution is -0.861. The molecule has 1 aromatic heterocycles. The number of hydrogen-bond acceptors (Lipinski definition) is 3. The average molecular weight is 370 g/mol.